The number of nitrogens with zero attached hydrogens (tertiary/aromatic N) is 1. The molecule has 0 aliphatic heterocycles. The third-order valence-electron chi connectivity index (χ3n) is 3.51. The van der Waals surface area contributed by atoms with Gasteiger partial charge in [-0.15, -0.1) is 0 Å². The summed E-state index contributed by atoms with van der Waals surface area (Å²) in [5, 5.41) is 0. The van der Waals surface area contributed by atoms with Crippen molar-refractivity contribution in [1.82, 2.24) is 4.90 Å². The molecule has 0 saturated heterocycles. The van der Waals surface area contributed by atoms with Gasteiger partial charge in [-0.1, -0.05) is 12.8 Å². The Bertz CT molecular complexity index is 451. The van der Waals surface area contributed by atoms with Gasteiger partial charge in [0.25, 0.3) is 0 Å². The first kappa shape index (κ1) is 14.9. The standard InChI is InChI=1S/C13H17F3N2O2/c14-13(15,16)9-18(8-10-4-3-7-20-10)11(19)12(17)5-1-2-6-12/h3-4,7H,1-2,5-6,8-9,17H2. The van der Waals surface area contributed by atoms with Crippen LogP contribution in [-0.4, -0.2) is 29.1 Å². The smallest absolute Gasteiger partial charge is 0.406 e. The molecule has 1 saturated carbocycles. The SMILES string of the molecule is NC1(C(=O)N(Cc2ccco2)CC(F)(F)F)CCCC1. The highest BCUT2D eigenvalue weighted by atomic mass is 19.4. The molecule has 0 radical (unpaired) electrons. The molecule has 7 heteroatoms. The van der Waals surface area contributed by atoms with E-state index < -0.39 is 24.2 Å². The van der Waals surface area contributed by atoms with Crippen LogP contribution in [0, 0.1) is 0 Å². The second-order valence-corrected chi connectivity index (χ2v) is 5.22. The van der Waals surface area contributed by atoms with Crippen molar-refractivity contribution in [2.45, 2.75) is 43.9 Å². The first-order valence-corrected chi connectivity index (χ1v) is 6.48. The van der Waals surface area contributed by atoms with Crippen LogP contribution in [-0.2, 0) is 11.3 Å². The highest BCUT2D eigenvalue weighted by Crippen LogP contribution is 2.30. The third kappa shape index (κ3) is 3.53. The summed E-state index contributed by atoms with van der Waals surface area (Å²) in [6.07, 6.45) is -0.709. The third-order valence-corrected chi connectivity index (χ3v) is 3.51. The predicted molar refractivity (Wildman–Crippen MR) is 65.6 cm³/mol. The average molecular weight is 290 g/mol. The minimum atomic E-state index is -4.46. The van der Waals surface area contributed by atoms with E-state index in [1.54, 1.807) is 6.07 Å². The molecule has 1 fully saturated rings. The highest BCUT2D eigenvalue weighted by molar-refractivity contribution is 5.86. The number of carbonyl (C=O) groups excluding carboxylic acids is 1. The Hall–Kier alpha value is -1.50. The largest absolute Gasteiger partial charge is 0.467 e. The molecule has 0 unspecified atom stereocenters. The van der Waals surface area contributed by atoms with Crippen molar-refractivity contribution in [3.8, 4) is 0 Å². The second kappa shape index (κ2) is 5.47. The van der Waals surface area contributed by atoms with Gasteiger partial charge < -0.3 is 15.1 Å². The summed E-state index contributed by atoms with van der Waals surface area (Å²) in [4.78, 5) is 13.1. The van der Waals surface area contributed by atoms with E-state index in [-0.39, 0.29) is 6.54 Å². The lowest BCUT2D eigenvalue weighted by Gasteiger charge is -2.31. The normalized spacial score (nSPS) is 18.2. The molecule has 1 aliphatic rings. The molecule has 0 bridgehead atoms. The van der Waals surface area contributed by atoms with Gasteiger partial charge >= 0.3 is 6.18 Å². The molecule has 0 atom stereocenters. The van der Waals surface area contributed by atoms with Gasteiger partial charge in [-0.05, 0) is 25.0 Å². The van der Waals surface area contributed by atoms with Gasteiger partial charge in [0.1, 0.15) is 12.3 Å². The monoisotopic (exact) mass is 290 g/mol. The van der Waals surface area contributed by atoms with Gasteiger partial charge in [-0.3, -0.25) is 4.79 Å². The van der Waals surface area contributed by atoms with Crippen LogP contribution in [0.2, 0.25) is 0 Å². The van der Waals surface area contributed by atoms with Crippen molar-refractivity contribution < 1.29 is 22.4 Å². The summed E-state index contributed by atoms with van der Waals surface area (Å²) in [6.45, 7) is -1.53. The Morgan fingerprint density at radius 2 is 2.05 bits per heavy atom. The van der Waals surface area contributed by atoms with Gasteiger partial charge in [0.15, 0.2) is 0 Å². The Morgan fingerprint density at radius 3 is 2.55 bits per heavy atom. The van der Waals surface area contributed by atoms with Crippen molar-refractivity contribution >= 4 is 5.91 Å². The van der Waals surface area contributed by atoms with Crippen LogP contribution in [0.4, 0.5) is 13.2 Å². The van der Waals surface area contributed by atoms with E-state index in [1.165, 1.54) is 12.3 Å². The van der Waals surface area contributed by atoms with Crippen molar-refractivity contribution in [3.63, 3.8) is 0 Å². The molecule has 1 aliphatic carbocycles. The van der Waals surface area contributed by atoms with Crippen LogP contribution < -0.4 is 5.73 Å². The fraction of sp³-hybridized carbons (Fsp3) is 0.615. The Labute approximate surface area is 114 Å². The summed E-state index contributed by atoms with van der Waals surface area (Å²) in [6, 6.07) is 3.11. The minimum Gasteiger partial charge on any atom is -0.467 e. The number of hydrogen-bond acceptors (Lipinski definition) is 3. The Morgan fingerprint density at radius 1 is 1.40 bits per heavy atom. The van der Waals surface area contributed by atoms with Crippen molar-refractivity contribution in [1.29, 1.82) is 0 Å². The number of halogens is 3. The van der Waals surface area contributed by atoms with Crippen molar-refractivity contribution in [2.24, 2.45) is 5.73 Å². The molecular weight excluding hydrogens is 273 g/mol. The average Bonchev–Trinajstić information content (AvgIpc) is 2.98. The van der Waals surface area contributed by atoms with Crippen molar-refractivity contribution in [3.05, 3.63) is 24.2 Å². The van der Waals surface area contributed by atoms with Gasteiger partial charge in [-0.25, -0.2) is 0 Å². The van der Waals surface area contributed by atoms with Gasteiger partial charge in [0.05, 0.1) is 18.3 Å². The molecule has 0 spiro atoms. The van der Waals surface area contributed by atoms with Crippen LogP contribution >= 0.6 is 0 Å². The maximum absolute atomic E-state index is 12.6. The first-order valence-electron chi connectivity index (χ1n) is 6.48. The van der Waals surface area contributed by atoms with E-state index in [4.69, 9.17) is 10.2 Å². The molecule has 2 rings (SSSR count). The molecule has 112 valence electrons. The van der Waals surface area contributed by atoms with Crippen LogP contribution in [0.1, 0.15) is 31.4 Å². The zero-order valence-electron chi connectivity index (χ0n) is 10.9. The van der Waals surface area contributed by atoms with E-state index in [2.05, 4.69) is 0 Å². The zero-order chi connectivity index (χ0) is 14.8. The summed E-state index contributed by atoms with van der Waals surface area (Å²) in [7, 11) is 0. The molecule has 20 heavy (non-hydrogen) atoms. The number of nitrogens with two attached hydrogens (primary N) is 1. The lowest BCUT2D eigenvalue weighted by Crippen LogP contribution is -2.55. The lowest BCUT2D eigenvalue weighted by atomic mass is 9.97. The second-order valence-electron chi connectivity index (χ2n) is 5.22. The first-order chi connectivity index (χ1) is 9.30. The number of alkyl halides is 3. The minimum absolute atomic E-state index is 0.218. The molecule has 2 N–H and O–H groups in total. The summed E-state index contributed by atoms with van der Waals surface area (Å²) >= 11 is 0. The van der Waals surface area contributed by atoms with Gasteiger partial charge in [-0.2, -0.15) is 13.2 Å². The molecule has 1 heterocycles. The molecule has 1 amide bonds. The summed E-state index contributed by atoms with van der Waals surface area (Å²) < 4.78 is 42.9. The Balaban J connectivity index is 2.15. The maximum Gasteiger partial charge on any atom is 0.406 e. The van der Waals surface area contributed by atoms with E-state index in [0.717, 1.165) is 17.7 Å². The van der Waals surface area contributed by atoms with E-state index in [1.807, 2.05) is 0 Å². The molecule has 0 aromatic carbocycles. The number of hydrogen-bond donors (Lipinski definition) is 1. The number of rotatable bonds is 4. The highest BCUT2D eigenvalue weighted by Gasteiger charge is 2.43. The molecule has 4 nitrogen and oxygen atoms in total. The summed E-state index contributed by atoms with van der Waals surface area (Å²) in [5.74, 6) is -0.340. The fourth-order valence-electron chi connectivity index (χ4n) is 2.54. The quantitative estimate of drug-likeness (QED) is 0.926. The maximum atomic E-state index is 12.6. The number of furan rings is 1. The topological polar surface area (TPSA) is 59.5 Å². The number of amides is 1. The van der Waals surface area contributed by atoms with Gasteiger partial charge in [0, 0.05) is 0 Å². The Kier molecular flexibility index (Phi) is 4.08. The van der Waals surface area contributed by atoms with Crippen molar-refractivity contribution in [2.75, 3.05) is 6.54 Å². The van der Waals surface area contributed by atoms with Crippen LogP contribution in [0.25, 0.3) is 0 Å². The number of carbonyl (C=O) groups is 1. The molecule has 1 aromatic rings. The molecule has 1 aromatic heterocycles. The van der Waals surface area contributed by atoms with Crippen LogP contribution in [0.15, 0.2) is 22.8 Å². The zero-order valence-corrected chi connectivity index (χ0v) is 10.9. The van der Waals surface area contributed by atoms with Crippen LogP contribution in [0.3, 0.4) is 0 Å². The summed E-state index contributed by atoms with van der Waals surface area (Å²) in [5.41, 5.74) is 4.79. The predicted octanol–water partition coefficient (Wildman–Crippen LogP) is 2.44. The fourth-order valence-corrected chi connectivity index (χ4v) is 2.54. The van der Waals surface area contributed by atoms with Gasteiger partial charge in [0.2, 0.25) is 5.91 Å². The molecular formula is C13H17F3N2O2. The van der Waals surface area contributed by atoms with E-state index in [0.29, 0.717) is 18.6 Å². The van der Waals surface area contributed by atoms with E-state index in [9.17, 15) is 18.0 Å². The lowest BCUT2D eigenvalue weighted by molar-refractivity contribution is -0.166. The van der Waals surface area contributed by atoms with E-state index >= 15 is 0 Å². The van der Waals surface area contributed by atoms with Crippen LogP contribution in [0.5, 0.6) is 0 Å².